The highest BCUT2D eigenvalue weighted by Gasteiger charge is 2.07. The maximum Gasteiger partial charge on any atom is 0.191 e. The summed E-state index contributed by atoms with van der Waals surface area (Å²) in [5.74, 6) is 1.65. The van der Waals surface area contributed by atoms with Gasteiger partial charge in [0, 0.05) is 18.0 Å². The van der Waals surface area contributed by atoms with Gasteiger partial charge in [-0.25, -0.2) is 9.98 Å². The van der Waals surface area contributed by atoms with Crippen LogP contribution in [0.3, 0.4) is 0 Å². The number of guanidine groups is 1. The van der Waals surface area contributed by atoms with E-state index in [2.05, 4.69) is 41.4 Å². The van der Waals surface area contributed by atoms with Crippen LogP contribution in [0.4, 0.5) is 0 Å². The Morgan fingerprint density at radius 3 is 2.64 bits per heavy atom. The van der Waals surface area contributed by atoms with Gasteiger partial charge >= 0.3 is 0 Å². The molecule has 0 fully saturated rings. The third kappa shape index (κ3) is 8.31. The van der Waals surface area contributed by atoms with Gasteiger partial charge < -0.3 is 10.6 Å². The molecule has 0 aliphatic carbocycles. The number of nitrogens with zero attached hydrogens (tertiary/aromatic N) is 2. The van der Waals surface area contributed by atoms with Crippen molar-refractivity contribution < 1.29 is 0 Å². The fourth-order valence-electron chi connectivity index (χ4n) is 2.15. The van der Waals surface area contributed by atoms with E-state index in [0.717, 1.165) is 30.7 Å². The largest absolute Gasteiger partial charge is 0.357 e. The first-order valence-corrected chi connectivity index (χ1v) is 9.00. The Morgan fingerprint density at radius 1 is 1.32 bits per heavy atom. The Bertz CT molecular complexity index is 420. The van der Waals surface area contributed by atoms with E-state index in [9.17, 15) is 0 Å². The van der Waals surface area contributed by atoms with E-state index in [-0.39, 0.29) is 24.0 Å². The van der Waals surface area contributed by atoms with Crippen molar-refractivity contribution in [2.24, 2.45) is 10.9 Å². The van der Waals surface area contributed by atoms with Crippen molar-refractivity contribution in [3.8, 4) is 0 Å². The van der Waals surface area contributed by atoms with Crippen molar-refractivity contribution in [1.29, 1.82) is 0 Å². The Morgan fingerprint density at radius 2 is 2.09 bits per heavy atom. The van der Waals surface area contributed by atoms with Gasteiger partial charge in [-0.1, -0.05) is 33.1 Å². The number of aromatic nitrogens is 1. The second-order valence-corrected chi connectivity index (χ2v) is 6.29. The van der Waals surface area contributed by atoms with Crippen LogP contribution in [0.2, 0.25) is 0 Å². The van der Waals surface area contributed by atoms with Gasteiger partial charge in [-0.15, -0.1) is 35.3 Å². The fraction of sp³-hybridized carbons (Fsp3) is 0.750. The third-order valence-electron chi connectivity index (χ3n) is 3.67. The molecule has 22 heavy (non-hydrogen) atoms. The molecule has 4 nitrogen and oxygen atoms in total. The van der Waals surface area contributed by atoms with Crippen LogP contribution in [0.1, 0.15) is 57.0 Å². The summed E-state index contributed by atoms with van der Waals surface area (Å²) in [4.78, 5) is 10.2. The molecule has 1 aromatic heterocycles. The minimum Gasteiger partial charge on any atom is -0.357 e. The Balaban J connectivity index is 0.00000441. The summed E-state index contributed by atoms with van der Waals surface area (Å²) in [7, 11) is 0. The Hall–Kier alpha value is -0.370. The molecule has 128 valence electrons. The molecule has 0 saturated heterocycles. The van der Waals surface area contributed by atoms with Gasteiger partial charge in [0.05, 0.1) is 17.7 Å². The monoisotopic (exact) mass is 438 g/mol. The predicted molar refractivity (Wildman–Crippen MR) is 108 cm³/mol. The molecular weight excluding hydrogens is 407 g/mol. The molecule has 0 aliphatic heterocycles. The third-order valence-corrected chi connectivity index (χ3v) is 4.59. The lowest BCUT2D eigenvalue weighted by Gasteiger charge is -2.17. The summed E-state index contributed by atoms with van der Waals surface area (Å²) in [6, 6.07) is 0. The van der Waals surface area contributed by atoms with Crippen molar-refractivity contribution >= 4 is 41.3 Å². The van der Waals surface area contributed by atoms with E-state index in [1.165, 1.54) is 30.6 Å². The van der Waals surface area contributed by atoms with Crippen molar-refractivity contribution in [3.05, 3.63) is 16.1 Å². The van der Waals surface area contributed by atoms with Crippen LogP contribution in [-0.4, -0.2) is 24.0 Å². The predicted octanol–water partition coefficient (Wildman–Crippen LogP) is 4.34. The van der Waals surface area contributed by atoms with Crippen LogP contribution in [0, 0.1) is 12.8 Å². The molecular formula is C16H31IN4S. The van der Waals surface area contributed by atoms with E-state index in [0.29, 0.717) is 6.54 Å². The molecule has 0 amide bonds. The zero-order valence-electron chi connectivity index (χ0n) is 14.3. The molecule has 1 aromatic rings. The van der Waals surface area contributed by atoms with E-state index in [1.54, 1.807) is 11.3 Å². The average molecular weight is 438 g/mol. The van der Waals surface area contributed by atoms with Gasteiger partial charge in [0.1, 0.15) is 0 Å². The summed E-state index contributed by atoms with van der Waals surface area (Å²) in [5, 5.41) is 6.81. The number of thiazole rings is 1. The first kappa shape index (κ1) is 21.6. The molecule has 0 aliphatic rings. The molecule has 0 spiro atoms. The van der Waals surface area contributed by atoms with Gasteiger partial charge in [0.25, 0.3) is 0 Å². The van der Waals surface area contributed by atoms with Crippen LogP contribution in [0.25, 0.3) is 0 Å². The summed E-state index contributed by atoms with van der Waals surface area (Å²) >= 11 is 1.68. The van der Waals surface area contributed by atoms with Gasteiger partial charge in [-0.3, -0.25) is 0 Å². The van der Waals surface area contributed by atoms with Crippen LogP contribution in [0.5, 0.6) is 0 Å². The highest BCUT2D eigenvalue weighted by atomic mass is 127. The number of aryl methyl sites for hydroxylation is 1. The highest BCUT2D eigenvalue weighted by Crippen LogP contribution is 2.13. The van der Waals surface area contributed by atoms with Crippen LogP contribution in [-0.2, 0) is 6.54 Å². The second-order valence-electron chi connectivity index (χ2n) is 5.35. The number of rotatable bonds is 9. The molecule has 1 rings (SSSR count). The molecule has 0 saturated carbocycles. The van der Waals surface area contributed by atoms with E-state index in [4.69, 9.17) is 0 Å². The first-order chi connectivity index (χ1) is 10.2. The minimum absolute atomic E-state index is 0. The Labute approximate surface area is 156 Å². The molecule has 1 unspecified atom stereocenters. The second kappa shape index (κ2) is 13.1. The lowest BCUT2D eigenvalue weighted by molar-refractivity contribution is 0.443. The van der Waals surface area contributed by atoms with Gasteiger partial charge in [0.15, 0.2) is 5.96 Å². The number of hydrogen-bond acceptors (Lipinski definition) is 3. The van der Waals surface area contributed by atoms with E-state index < -0.39 is 0 Å². The van der Waals surface area contributed by atoms with Gasteiger partial charge in [-0.05, 0) is 26.2 Å². The molecule has 0 radical (unpaired) electrons. The molecule has 0 bridgehead atoms. The summed E-state index contributed by atoms with van der Waals surface area (Å²) in [6.07, 6.45) is 5.11. The number of aliphatic imine (C=N–C) groups is 1. The van der Waals surface area contributed by atoms with E-state index in [1.807, 2.05) is 12.4 Å². The topological polar surface area (TPSA) is 49.3 Å². The SMILES string of the molecule is CCCCC(CC)CNC(=NCc1scnc1C)NCC.I. The molecule has 0 aromatic carbocycles. The van der Waals surface area contributed by atoms with Gasteiger partial charge in [0.2, 0.25) is 0 Å². The van der Waals surface area contributed by atoms with Crippen LogP contribution >= 0.6 is 35.3 Å². The standard InChI is InChI=1S/C16H30N4S.HI/c1-5-8-9-14(6-2)10-18-16(17-7-3)19-11-15-13(4)20-12-21-15;/h12,14H,5-11H2,1-4H3,(H2,17,18,19);1H. The van der Waals surface area contributed by atoms with Crippen molar-refractivity contribution in [2.75, 3.05) is 13.1 Å². The number of hydrogen-bond donors (Lipinski definition) is 2. The normalized spacial score (nSPS) is 12.6. The lowest BCUT2D eigenvalue weighted by atomic mass is 9.99. The molecule has 2 N–H and O–H groups in total. The van der Waals surface area contributed by atoms with Crippen LogP contribution < -0.4 is 10.6 Å². The maximum absolute atomic E-state index is 4.67. The van der Waals surface area contributed by atoms with Crippen molar-refractivity contribution in [3.63, 3.8) is 0 Å². The first-order valence-electron chi connectivity index (χ1n) is 8.12. The van der Waals surface area contributed by atoms with Gasteiger partial charge in [-0.2, -0.15) is 0 Å². The zero-order chi connectivity index (χ0) is 15.5. The summed E-state index contributed by atoms with van der Waals surface area (Å²) < 4.78 is 0. The molecule has 1 atom stereocenters. The summed E-state index contributed by atoms with van der Waals surface area (Å²) in [6.45, 7) is 11.3. The number of halogens is 1. The highest BCUT2D eigenvalue weighted by molar-refractivity contribution is 14.0. The molecule has 1 heterocycles. The quantitative estimate of drug-likeness (QED) is 0.343. The maximum atomic E-state index is 4.67. The fourth-order valence-corrected chi connectivity index (χ4v) is 2.86. The lowest BCUT2D eigenvalue weighted by Crippen LogP contribution is -2.39. The van der Waals surface area contributed by atoms with Crippen molar-refractivity contribution in [1.82, 2.24) is 15.6 Å². The Kier molecular flexibility index (Phi) is 12.9. The number of unbranched alkanes of at least 4 members (excludes halogenated alkanes) is 1. The average Bonchev–Trinajstić information content (AvgIpc) is 2.90. The zero-order valence-corrected chi connectivity index (χ0v) is 17.5. The number of nitrogens with one attached hydrogen (secondary N) is 2. The molecule has 6 heteroatoms. The van der Waals surface area contributed by atoms with E-state index >= 15 is 0 Å². The van der Waals surface area contributed by atoms with Crippen molar-refractivity contribution in [2.45, 2.75) is 59.9 Å². The summed E-state index contributed by atoms with van der Waals surface area (Å²) in [5.41, 5.74) is 2.98. The minimum atomic E-state index is 0. The smallest absolute Gasteiger partial charge is 0.191 e. The van der Waals surface area contributed by atoms with Crippen LogP contribution in [0.15, 0.2) is 10.5 Å².